The molecule has 0 N–H and O–H groups in total. The number of carbonyl (C=O) groups is 1. The van der Waals surface area contributed by atoms with Crippen LogP contribution in [0.4, 0.5) is 0 Å². The monoisotopic (exact) mass is 732 g/mol. The van der Waals surface area contributed by atoms with E-state index in [2.05, 4.69) is 193 Å². The Labute approximate surface area is 335 Å². The van der Waals surface area contributed by atoms with Crippen LogP contribution in [0.1, 0.15) is 85.3 Å². The lowest BCUT2D eigenvalue weighted by Crippen LogP contribution is -2.15. The van der Waals surface area contributed by atoms with Crippen LogP contribution in [0.25, 0.3) is 77.5 Å². The van der Waals surface area contributed by atoms with E-state index in [0.29, 0.717) is 0 Å². The van der Waals surface area contributed by atoms with Crippen LogP contribution >= 0.6 is 0 Å². The maximum absolute atomic E-state index is 12.6. The lowest BCUT2D eigenvalue weighted by atomic mass is 9.80. The van der Waals surface area contributed by atoms with E-state index in [-0.39, 0.29) is 16.2 Å². The first-order chi connectivity index (χ1) is 27.4. The van der Waals surface area contributed by atoms with Gasteiger partial charge in [-0.15, -0.1) is 0 Å². The van der Waals surface area contributed by atoms with Crippen LogP contribution in [0, 0.1) is 0 Å². The molecule has 3 aliphatic carbocycles. The van der Waals surface area contributed by atoms with Crippen molar-refractivity contribution in [2.24, 2.45) is 0 Å². The first kappa shape index (κ1) is 34.0. The Morgan fingerprint density at radius 1 is 0.316 bits per heavy atom. The minimum absolute atomic E-state index is 0.0285. The molecule has 0 radical (unpaired) electrons. The molecule has 0 spiro atoms. The fraction of sp³-hybridized carbons (Fsp3) is 0.161. The Bertz CT molecular complexity index is 3060. The smallest absolute Gasteiger partial charge is 0.150 e. The maximum Gasteiger partial charge on any atom is 0.150 e. The molecular formula is C56H44O. The summed E-state index contributed by atoms with van der Waals surface area (Å²) >= 11 is 0. The summed E-state index contributed by atoms with van der Waals surface area (Å²) in [6.07, 6.45) is 1.02. The maximum atomic E-state index is 12.6. The molecule has 8 aromatic carbocycles. The summed E-state index contributed by atoms with van der Waals surface area (Å²) in [5.74, 6) is 0. The predicted octanol–water partition coefficient (Wildman–Crippen LogP) is 14.6. The first-order valence-corrected chi connectivity index (χ1v) is 20.3. The largest absolute Gasteiger partial charge is 0.298 e. The molecule has 0 fully saturated rings. The van der Waals surface area contributed by atoms with Gasteiger partial charge in [-0.05, 0) is 153 Å². The number of fused-ring (bicyclic) bond motifs is 10. The van der Waals surface area contributed by atoms with Crippen molar-refractivity contribution in [3.05, 3.63) is 191 Å². The van der Waals surface area contributed by atoms with Crippen LogP contribution in [0.2, 0.25) is 0 Å². The molecule has 0 atom stereocenters. The third-order valence-corrected chi connectivity index (χ3v) is 14.0. The summed E-state index contributed by atoms with van der Waals surface area (Å²) in [4.78, 5) is 12.6. The quantitative estimate of drug-likeness (QED) is 0.165. The third kappa shape index (κ3) is 4.72. The second-order valence-electron chi connectivity index (χ2n) is 18.1. The van der Waals surface area contributed by atoms with Crippen LogP contribution in [0.15, 0.2) is 152 Å². The average molecular weight is 733 g/mol. The predicted molar refractivity (Wildman–Crippen MR) is 238 cm³/mol. The van der Waals surface area contributed by atoms with Gasteiger partial charge in [0.1, 0.15) is 0 Å². The van der Waals surface area contributed by atoms with Gasteiger partial charge in [0, 0.05) is 21.8 Å². The van der Waals surface area contributed by atoms with Crippen molar-refractivity contribution in [3.63, 3.8) is 0 Å². The van der Waals surface area contributed by atoms with Crippen LogP contribution in [-0.4, -0.2) is 6.29 Å². The molecule has 0 saturated carbocycles. The molecule has 0 amide bonds. The highest BCUT2D eigenvalue weighted by atomic mass is 16.1. The zero-order valence-corrected chi connectivity index (χ0v) is 33.4. The van der Waals surface area contributed by atoms with Crippen molar-refractivity contribution < 1.29 is 4.79 Å². The summed E-state index contributed by atoms with van der Waals surface area (Å²) in [5, 5.41) is 2.35. The van der Waals surface area contributed by atoms with Crippen molar-refractivity contribution in [2.75, 3.05) is 0 Å². The summed E-state index contributed by atoms with van der Waals surface area (Å²) in [6, 6.07) is 56.5. The van der Waals surface area contributed by atoms with Gasteiger partial charge in [-0.25, -0.2) is 0 Å². The molecule has 3 aliphatic rings. The van der Waals surface area contributed by atoms with E-state index in [1.54, 1.807) is 0 Å². The molecule has 8 aromatic rings. The summed E-state index contributed by atoms with van der Waals surface area (Å²) in [7, 11) is 0. The Hall–Kier alpha value is -6.31. The van der Waals surface area contributed by atoms with E-state index in [4.69, 9.17) is 0 Å². The van der Waals surface area contributed by atoms with E-state index < -0.39 is 0 Å². The molecule has 0 aromatic heterocycles. The van der Waals surface area contributed by atoms with Gasteiger partial charge in [0.05, 0.1) is 0 Å². The fourth-order valence-corrected chi connectivity index (χ4v) is 10.7. The summed E-state index contributed by atoms with van der Waals surface area (Å²) in [6.45, 7) is 14.0. The zero-order chi connectivity index (χ0) is 39.0. The van der Waals surface area contributed by atoms with Gasteiger partial charge in [0.15, 0.2) is 6.29 Å². The number of carbonyl (C=O) groups excluding carboxylic acids is 1. The van der Waals surface area contributed by atoms with Crippen molar-refractivity contribution in [1.82, 2.24) is 0 Å². The summed E-state index contributed by atoms with van der Waals surface area (Å²) in [5.41, 5.74) is 23.3. The number of hydrogen-bond donors (Lipinski definition) is 0. The molecule has 57 heavy (non-hydrogen) atoms. The molecule has 0 bridgehead atoms. The van der Waals surface area contributed by atoms with Gasteiger partial charge < -0.3 is 0 Å². The van der Waals surface area contributed by atoms with Gasteiger partial charge in [-0.1, -0.05) is 151 Å². The van der Waals surface area contributed by atoms with Crippen LogP contribution in [0.3, 0.4) is 0 Å². The molecular weight excluding hydrogens is 689 g/mol. The number of benzene rings is 8. The molecule has 0 heterocycles. The van der Waals surface area contributed by atoms with Crippen molar-refractivity contribution in [1.29, 1.82) is 0 Å². The lowest BCUT2D eigenvalue weighted by molar-refractivity contribution is 0.112. The summed E-state index contributed by atoms with van der Waals surface area (Å²) < 4.78 is 0. The molecule has 0 saturated heterocycles. The Morgan fingerprint density at radius 2 is 0.702 bits per heavy atom. The highest BCUT2D eigenvalue weighted by Gasteiger charge is 2.38. The van der Waals surface area contributed by atoms with E-state index in [1.807, 2.05) is 0 Å². The van der Waals surface area contributed by atoms with Crippen LogP contribution < -0.4 is 0 Å². The van der Waals surface area contributed by atoms with Crippen molar-refractivity contribution >= 4 is 17.1 Å². The highest BCUT2D eigenvalue weighted by molar-refractivity contribution is 5.98. The fourth-order valence-electron chi connectivity index (χ4n) is 10.7. The Balaban J connectivity index is 0.946. The second-order valence-corrected chi connectivity index (χ2v) is 18.1. The van der Waals surface area contributed by atoms with E-state index in [9.17, 15) is 4.79 Å². The van der Waals surface area contributed by atoms with E-state index in [0.717, 1.165) is 28.4 Å². The Kier molecular flexibility index (Phi) is 6.93. The normalized spacial score (nSPS) is 15.7. The van der Waals surface area contributed by atoms with Gasteiger partial charge >= 0.3 is 0 Å². The minimum Gasteiger partial charge on any atom is -0.298 e. The second kappa shape index (κ2) is 11.6. The topological polar surface area (TPSA) is 17.1 Å². The molecule has 0 unspecified atom stereocenters. The zero-order valence-electron chi connectivity index (χ0n) is 33.4. The minimum atomic E-state index is -0.154. The highest BCUT2D eigenvalue weighted by Crippen LogP contribution is 2.53. The van der Waals surface area contributed by atoms with Crippen molar-refractivity contribution in [3.8, 4) is 66.8 Å². The van der Waals surface area contributed by atoms with Gasteiger partial charge in [-0.3, -0.25) is 4.79 Å². The van der Waals surface area contributed by atoms with Gasteiger partial charge in [-0.2, -0.15) is 0 Å². The third-order valence-electron chi connectivity index (χ3n) is 14.0. The number of rotatable bonds is 4. The standard InChI is InChI=1S/C56H44O/c1-54(2)48-13-9-7-11-41(48)43-22-20-36(28-50(43)54)37-21-24-45-44-23-19-35(27-51(44)56(5,6)52(45)29-37)34-17-15-33-16-18-38(26-39(33)25-34)46-31-47-42-12-8-10-14-49(42)55(3,4)53(47)30-40(46)32-57/h7-32H,1-6H3. The SMILES string of the molecule is CC1(C)c2ccccc2-c2ccc(-c3ccc4c(c3)C(C)(C)c3cc(-c5ccc6ccc(-c7cc8c(cc7C=O)C(C)(C)c7ccccc7-8)cc6c5)ccc3-4)cc21. The number of aldehydes is 1. The molecule has 0 aliphatic heterocycles. The molecule has 1 heteroatoms. The number of hydrogen-bond acceptors (Lipinski definition) is 1. The van der Waals surface area contributed by atoms with Crippen LogP contribution in [-0.2, 0) is 16.2 Å². The van der Waals surface area contributed by atoms with Gasteiger partial charge in [0.25, 0.3) is 0 Å². The Morgan fingerprint density at radius 3 is 1.23 bits per heavy atom. The van der Waals surface area contributed by atoms with E-state index >= 15 is 0 Å². The lowest BCUT2D eigenvalue weighted by Gasteiger charge is -2.23. The first-order valence-electron chi connectivity index (χ1n) is 20.3. The van der Waals surface area contributed by atoms with Crippen molar-refractivity contribution in [2.45, 2.75) is 57.8 Å². The average Bonchev–Trinajstić information content (AvgIpc) is 3.71. The molecule has 274 valence electrons. The van der Waals surface area contributed by atoms with Crippen LogP contribution in [0.5, 0.6) is 0 Å². The van der Waals surface area contributed by atoms with E-state index in [1.165, 1.54) is 94.4 Å². The molecule has 11 rings (SSSR count). The molecule has 1 nitrogen and oxygen atoms in total. The van der Waals surface area contributed by atoms with Gasteiger partial charge in [0.2, 0.25) is 0 Å².